The van der Waals surface area contributed by atoms with Crippen molar-refractivity contribution in [2.75, 3.05) is 4.90 Å². The van der Waals surface area contributed by atoms with E-state index < -0.39 is 0 Å². The minimum Gasteiger partial charge on any atom is -0.457 e. The van der Waals surface area contributed by atoms with E-state index >= 15 is 0 Å². The van der Waals surface area contributed by atoms with Crippen molar-refractivity contribution >= 4 is 57.3 Å². The molecule has 1 amide bonds. The average Bonchev–Trinajstić information content (AvgIpc) is 3.50. The molecule has 0 atom stereocenters. The fourth-order valence-corrected chi connectivity index (χ4v) is 4.81. The normalized spacial score (nSPS) is 14.6. The Balaban J connectivity index is 1.42. The van der Waals surface area contributed by atoms with Gasteiger partial charge in [-0.25, -0.2) is 0 Å². The SMILES string of the molecule is O=C1/C(=C/c2ccc(-c3cc(Cl)ccc3Cl)o2)C=C(c2ccccc2)N1c1ccc2ccccc2c1. The lowest BCUT2D eigenvalue weighted by molar-refractivity contribution is -0.113. The lowest BCUT2D eigenvalue weighted by Gasteiger charge is -2.21. The molecule has 5 aromatic rings. The number of anilines is 1. The fourth-order valence-electron chi connectivity index (χ4n) is 4.42. The topological polar surface area (TPSA) is 33.5 Å². The second-order valence-electron chi connectivity index (χ2n) is 8.49. The number of halogens is 2. The summed E-state index contributed by atoms with van der Waals surface area (Å²) in [5.74, 6) is 1.01. The van der Waals surface area contributed by atoms with Crippen molar-refractivity contribution in [2.24, 2.45) is 0 Å². The van der Waals surface area contributed by atoms with Gasteiger partial charge in [-0.3, -0.25) is 9.69 Å². The van der Waals surface area contributed by atoms with Gasteiger partial charge >= 0.3 is 0 Å². The van der Waals surface area contributed by atoms with Crippen LogP contribution < -0.4 is 4.90 Å². The van der Waals surface area contributed by atoms with Crippen LogP contribution in [0.1, 0.15) is 11.3 Å². The van der Waals surface area contributed by atoms with E-state index in [1.165, 1.54) is 0 Å². The van der Waals surface area contributed by atoms with Gasteiger partial charge in [0, 0.05) is 21.8 Å². The molecule has 0 saturated carbocycles. The third-order valence-corrected chi connectivity index (χ3v) is 6.73. The van der Waals surface area contributed by atoms with Gasteiger partial charge in [0.2, 0.25) is 0 Å². The lowest BCUT2D eigenvalue weighted by atomic mass is 10.1. The summed E-state index contributed by atoms with van der Waals surface area (Å²) in [5, 5.41) is 3.30. The van der Waals surface area contributed by atoms with Crippen molar-refractivity contribution in [2.45, 2.75) is 0 Å². The van der Waals surface area contributed by atoms with Crippen molar-refractivity contribution in [3.8, 4) is 11.3 Å². The number of rotatable bonds is 4. The van der Waals surface area contributed by atoms with E-state index in [2.05, 4.69) is 6.07 Å². The number of hydrogen-bond acceptors (Lipinski definition) is 2. The molecule has 36 heavy (non-hydrogen) atoms. The molecular formula is C31H19Cl2NO2. The molecule has 0 unspecified atom stereocenters. The van der Waals surface area contributed by atoms with Crippen LogP contribution in [0.15, 0.2) is 119 Å². The molecule has 1 aliphatic heterocycles. The Hall–Kier alpha value is -4.05. The van der Waals surface area contributed by atoms with E-state index in [1.807, 2.05) is 84.9 Å². The molecule has 1 aromatic heterocycles. The molecule has 174 valence electrons. The van der Waals surface area contributed by atoms with Crippen LogP contribution in [0, 0.1) is 0 Å². The second kappa shape index (κ2) is 9.19. The lowest BCUT2D eigenvalue weighted by Crippen LogP contribution is -2.24. The first-order chi connectivity index (χ1) is 17.6. The Labute approximate surface area is 218 Å². The minimum atomic E-state index is -0.122. The van der Waals surface area contributed by atoms with Crippen LogP contribution >= 0.6 is 23.2 Å². The number of hydrogen-bond donors (Lipinski definition) is 0. The summed E-state index contributed by atoms with van der Waals surface area (Å²) in [6.07, 6.45) is 3.66. The third kappa shape index (κ3) is 4.13. The van der Waals surface area contributed by atoms with Gasteiger partial charge in [-0.1, -0.05) is 83.9 Å². The van der Waals surface area contributed by atoms with E-state index in [1.54, 1.807) is 29.2 Å². The highest BCUT2D eigenvalue weighted by Gasteiger charge is 2.30. The molecule has 3 nitrogen and oxygen atoms in total. The van der Waals surface area contributed by atoms with Crippen LogP contribution in [-0.4, -0.2) is 5.91 Å². The van der Waals surface area contributed by atoms with Crippen molar-refractivity contribution in [1.29, 1.82) is 0 Å². The van der Waals surface area contributed by atoms with Crippen molar-refractivity contribution in [3.63, 3.8) is 0 Å². The Kier molecular flexibility index (Phi) is 5.73. The molecule has 0 fully saturated rings. The number of amides is 1. The van der Waals surface area contributed by atoms with Crippen molar-refractivity contribution in [1.82, 2.24) is 0 Å². The smallest absolute Gasteiger partial charge is 0.263 e. The molecular weight excluding hydrogens is 489 g/mol. The number of fused-ring (bicyclic) bond motifs is 1. The third-order valence-electron chi connectivity index (χ3n) is 6.16. The highest BCUT2D eigenvalue weighted by atomic mass is 35.5. The summed E-state index contributed by atoms with van der Waals surface area (Å²) in [6, 6.07) is 32.9. The van der Waals surface area contributed by atoms with Gasteiger partial charge in [-0.05, 0) is 71.0 Å². The monoisotopic (exact) mass is 507 g/mol. The Morgan fingerprint density at radius 1 is 0.750 bits per heavy atom. The van der Waals surface area contributed by atoms with Crippen LogP contribution in [0.4, 0.5) is 5.69 Å². The zero-order valence-corrected chi connectivity index (χ0v) is 20.5. The van der Waals surface area contributed by atoms with Crippen LogP contribution in [0.25, 0.3) is 33.9 Å². The molecule has 1 aliphatic rings. The maximum Gasteiger partial charge on any atom is 0.263 e. The van der Waals surface area contributed by atoms with Gasteiger partial charge in [0.15, 0.2) is 0 Å². The fraction of sp³-hybridized carbons (Fsp3) is 0. The van der Waals surface area contributed by atoms with Gasteiger partial charge in [-0.15, -0.1) is 0 Å². The van der Waals surface area contributed by atoms with Gasteiger partial charge in [0.25, 0.3) is 5.91 Å². The number of furan rings is 1. The first-order valence-electron chi connectivity index (χ1n) is 11.4. The van der Waals surface area contributed by atoms with Crippen molar-refractivity contribution < 1.29 is 9.21 Å². The predicted octanol–water partition coefficient (Wildman–Crippen LogP) is 8.88. The van der Waals surface area contributed by atoms with Crippen LogP contribution in [0.3, 0.4) is 0 Å². The number of benzene rings is 4. The van der Waals surface area contributed by atoms with Gasteiger partial charge < -0.3 is 4.42 Å². The summed E-state index contributed by atoms with van der Waals surface area (Å²) in [7, 11) is 0. The zero-order valence-electron chi connectivity index (χ0n) is 19.0. The Bertz CT molecular complexity index is 1680. The summed E-state index contributed by atoms with van der Waals surface area (Å²) in [6.45, 7) is 0. The molecule has 2 heterocycles. The van der Waals surface area contributed by atoms with E-state index in [0.29, 0.717) is 32.7 Å². The van der Waals surface area contributed by atoms with E-state index in [4.69, 9.17) is 27.6 Å². The molecule has 0 spiro atoms. The predicted molar refractivity (Wildman–Crippen MR) is 148 cm³/mol. The summed E-state index contributed by atoms with van der Waals surface area (Å²) in [4.78, 5) is 15.5. The second-order valence-corrected chi connectivity index (χ2v) is 9.34. The summed E-state index contributed by atoms with van der Waals surface area (Å²) < 4.78 is 6.04. The standard InChI is InChI=1S/C31H19Cl2NO2/c32-24-11-14-28(33)27(19-24)30-15-13-26(36-30)17-23-18-29(21-7-2-1-3-8-21)34(31(23)35)25-12-10-20-6-4-5-9-22(20)16-25/h1-19H/b23-17+. The molecule has 0 N–H and O–H groups in total. The molecule has 0 aliphatic carbocycles. The Morgan fingerprint density at radius 2 is 1.53 bits per heavy atom. The number of nitrogens with zero attached hydrogens (tertiary/aromatic N) is 1. The molecule has 6 rings (SSSR count). The van der Waals surface area contributed by atoms with Gasteiger partial charge in [0.05, 0.1) is 10.7 Å². The number of carbonyl (C=O) groups excluding carboxylic acids is 1. The first kappa shape index (κ1) is 22.4. The first-order valence-corrected chi connectivity index (χ1v) is 12.2. The maximum absolute atomic E-state index is 13.7. The highest BCUT2D eigenvalue weighted by Crippen LogP contribution is 2.37. The van der Waals surface area contributed by atoms with Crippen LogP contribution in [0.5, 0.6) is 0 Å². The summed E-state index contributed by atoms with van der Waals surface area (Å²) in [5.41, 5.74) is 3.80. The molecule has 0 radical (unpaired) electrons. The molecule has 0 saturated heterocycles. The molecule has 4 aromatic carbocycles. The summed E-state index contributed by atoms with van der Waals surface area (Å²) >= 11 is 12.5. The average molecular weight is 508 g/mol. The largest absolute Gasteiger partial charge is 0.457 e. The van der Waals surface area contributed by atoms with E-state index in [-0.39, 0.29) is 5.91 Å². The maximum atomic E-state index is 13.7. The van der Waals surface area contributed by atoms with Gasteiger partial charge in [0.1, 0.15) is 11.5 Å². The zero-order chi connectivity index (χ0) is 24.6. The van der Waals surface area contributed by atoms with Gasteiger partial charge in [-0.2, -0.15) is 0 Å². The number of carbonyl (C=O) groups is 1. The minimum absolute atomic E-state index is 0.122. The van der Waals surface area contributed by atoms with Crippen molar-refractivity contribution in [3.05, 3.63) is 136 Å². The van der Waals surface area contributed by atoms with E-state index in [0.717, 1.165) is 27.7 Å². The van der Waals surface area contributed by atoms with Crippen LogP contribution in [0.2, 0.25) is 10.0 Å². The van der Waals surface area contributed by atoms with Crippen LogP contribution in [-0.2, 0) is 4.79 Å². The molecule has 0 bridgehead atoms. The molecule has 5 heteroatoms. The van der Waals surface area contributed by atoms with E-state index in [9.17, 15) is 4.79 Å². The Morgan fingerprint density at radius 3 is 2.36 bits per heavy atom. The highest BCUT2D eigenvalue weighted by molar-refractivity contribution is 6.35. The quantitative estimate of drug-likeness (QED) is 0.227.